The fraction of sp³-hybridized carbons (Fsp3) is 1.00. The minimum atomic E-state index is 0.241. The lowest BCUT2D eigenvalue weighted by molar-refractivity contribution is 0.242. The lowest BCUT2D eigenvalue weighted by atomic mass is 9.98. The van der Waals surface area contributed by atoms with Crippen molar-refractivity contribution in [1.29, 1.82) is 0 Å². The summed E-state index contributed by atoms with van der Waals surface area (Å²) in [5.41, 5.74) is 0.241. The molecule has 0 aliphatic carbocycles. The van der Waals surface area contributed by atoms with Gasteiger partial charge >= 0.3 is 0 Å². The highest BCUT2D eigenvalue weighted by molar-refractivity contribution is 4.71. The highest BCUT2D eigenvalue weighted by Crippen LogP contribution is 2.10. The molecule has 0 heterocycles. The highest BCUT2D eigenvalue weighted by atomic mass is 15.1. The van der Waals surface area contributed by atoms with Crippen LogP contribution in [0.15, 0.2) is 0 Å². The minimum Gasteiger partial charge on any atom is -0.311 e. The molecule has 2 nitrogen and oxygen atoms in total. The molecule has 0 fully saturated rings. The number of likely N-dealkylation sites (N-methyl/N-ethyl adjacent to an activating group) is 1. The minimum absolute atomic E-state index is 0.241. The Hall–Kier alpha value is -0.0800. The standard InChI is InChI=1S/C13H30N2/c1-11(2)12(3)10-15(7)9-8-14-13(4,5)6/h11-12,14H,8-10H2,1-7H3. The SMILES string of the molecule is CC(C)C(C)CN(C)CCNC(C)(C)C. The van der Waals surface area contributed by atoms with Crippen LogP contribution in [0.5, 0.6) is 0 Å². The van der Waals surface area contributed by atoms with Crippen LogP contribution in [0.1, 0.15) is 41.5 Å². The van der Waals surface area contributed by atoms with Gasteiger partial charge < -0.3 is 10.2 Å². The highest BCUT2D eigenvalue weighted by Gasteiger charge is 2.11. The fourth-order valence-electron chi connectivity index (χ4n) is 1.42. The molecule has 0 aliphatic rings. The van der Waals surface area contributed by atoms with E-state index in [-0.39, 0.29) is 5.54 Å². The molecule has 0 rings (SSSR count). The Balaban J connectivity index is 3.62. The summed E-state index contributed by atoms with van der Waals surface area (Å²) in [4.78, 5) is 2.42. The third kappa shape index (κ3) is 8.88. The fourth-order valence-corrected chi connectivity index (χ4v) is 1.42. The Bertz CT molecular complexity index is 158. The second-order valence-electron chi connectivity index (χ2n) is 6.16. The van der Waals surface area contributed by atoms with Crippen LogP contribution in [0.25, 0.3) is 0 Å². The van der Waals surface area contributed by atoms with Crippen molar-refractivity contribution in [3.63, 3.8) is 0 Å². The molecule has 1 atom stereocenters. The van der Waals surface area contributed by atoms with Crippen LogP contribution < -0.4 is 5.32 Å². The summed E-state index contributed by atoms with van der Waals surface area (Å²) < 4.78 is 0. The molecule has 0 amide bonds. The molecule has 1 N–H and O–H groups in total. The van der Waals surface area contributed by atoms with Gasteiger partial charge in [0.2, 0.25) is 0 Å². The van der Waals surface area contributed by atoms with E-state index in [9.17, 15) is 0 Å². The molecule has 1 unspecified atom stereocenters. The Labute approximate surface area is 96.4 Å². The Morgan fingerprint density at radius 2 is 1.67 bits per heavy atom. The monoisotopic (exact) mass is 214 g/mol. The average molecular weight is 214 g/mol. The van der Waals surface area contributed by atoms with Gasteiger partial charge in [0.15, 0.2) is 0 Å². The molecule has 0 aliphatic heterocycles. The first-order valence-corrected chi connectivity index (χ1v) is 6.16. The van der Waals surface area contributed by atoms with E-state index in [1.165, 1.54) is 6.54 Å². The summed E-state index contributed by atoms with van der Waals surface area (Å²) >= 11 is 0. The van der Waals surface area contributed by atoms with Gasteiger partial charge in [-0.3, -0.25) is 0 Å². The van der Waals surface area contributed by atoms with Crippen molar-refractivity contribution in [2.24, 2.45) is 11.8 Å². The second kappa shape index (κ2) is 6.49. The summed E-state index contributed by atoms with van der Waals surface area (Å²) in [6, 6.07) is 0. The van der Waals surface area contributed by atoms with Crippen molar-refractivity contribution in [3.8, 4) is 0 Å². The van der Waals surface area contributed by atoms with Gasteiger partial charge in [-0.05, 0) is 39.7 Å². The zero-order chi connectivity index (χ0) is 12.1. The maximum atomic E-state index is 3.51. The van der Waals surface area contributed by atoms with E-state index in [4.69, 9.17) is 0 Å². The van der Waals surface area contributed by atoms with Crippen LogP contribution in [0, 0.1) is 11.8 Å². The zero-order valence-electron chi connectivity index (χ0n) is 11.7. The van der Waals surface area contributed by atoms with Crippen LogP contribution in [0.2, 0.25) is 0 Å². The van der Waals surface area contributed by atoms with Gasteiger partial charge in [0, 0.05) is 25.2 Å². The Morgan fingerprint density at radius 1 is 1.13 bits per heavy atom. The van der Waals surface area contributed by atoms with Crippen molar-refractivity contribution >= 4 is 0 Å². The number of nitrogens with zero attached hydrogens (tertiary/aromatic N) is 1. The van der Waals surface area contributed by atoms with Gasteiger partial charge in [0.25, 0.3) is 0 Å². The first kappa shape index (κ1) is 14.9. The smallest absolute Gasteiger partial charge is 0.0104 e. The lowest BCUT2D eigenvalue weighted by Gasteiger charge is -2.26. The molecule has 0 radical (unpaired) electrons. The summed E-state index contributed by atoms with van der Waals surface area (Å²) in [6.07, 6.45) is 0. The van der Waals surface area contributed by atoms with Crippen molar-refractivity contribution in [2.75, 3.05) is 26.7 Å². The molecule has 0 bridgehead atoms. The number of nitrogens with one attached hydrogen (secondary N) is 1. The molecule has 0 aromatic rings. The second-order valence-corrected chi connectivity index (χ2v) is 6.16. The first-order chi connectivity index (χ1) is 6.72. The molecule has 0 saturated carbocycles. The molecule has 92 valence electrons. The number of hydrogen-bond acceptors (Lipinski definition) is 2. The van der Waals surface area contributed by atoms with E-state index in [1.807, 2.05) is 0 Å². The van der Waals surface area contributed by atoms with Gasteiger partial charge in [-0.1, -0.05) is 20.8 Å². The third-order valence-corrected chi connectivity index (χ3v) is 2.89. The summed E-state index contributed by atoms with van der Waals surface area (Å²) in [5.74, 6) is 1.56. The third-order valence-electron chi connectivity index (χ3n) is 2.89. The van der Waals surface area contributed by atoms with Crippen LogP contribution in [0.4, 0.5) is 0 Å². The molecule has 15 heavy (non-hydrogen) atoms. The van der Waals surface area contributed by atoms with E-state index in [2.05, 4.69) is 58.8 Å². The van der Waals surface area contributed by atoms with Crippen molar-refractivity contribution in [2.45, 2.75) is 47.1 Å². The molecular weight excluding hydrogens is 184 g/mol. The Morgan fingerprint density at radius 3 is 2.07 bits per heavy atom. The van der Waals surface area contributed by atoms with Gasteiger partial charge in [-0.2, -0.15) is 0 Å². The van der Waals surface area contributed by atoms with E-state index >= 15 is 0 Å². The van der Waals surface area contributed by atoms with Crippen LogP contribution >= 0.6 is 0 Å². The average Bonchev–Trinajstić information content (AvgIpc) is 2.01. The predicted molar refractivity (Wildman–Crippen MR) is 69.3 cm³/mol. The maximum Gasteiger partial charge on any atom is 0.0104 e. The lowest BCUT2D eigenvalue weighted by Crippen LogP contribution is -2.41. The topological polar surface area (TPSA) is 15.3 Å². The summed E-state index contributed by atoms with van der Waals surface area (Å²) in [7, 11) is 2.21. The quantitative estimate of drug-likeness (QED) is 0.731. The van der Waals surface area contributed by atoms with Crippen LogP contribution in [-0.4, -0.2) is 37.1 Å². The molecule has 0 saturated heterocycles. The van der Waals surface area contributed by atoms with Gasteiger partial charge in [-0.25, -0.2) is 0 Å². The molecule has 0 spiro atoms. The van der Waals surface area contributed by atoms with Gasteiger partial charge in [0.1, 0.15) is 0 Å². The molecular formula is C13H30N2. The summed E-state index contributed by atoms with van der Waals surface area (Å²) in [5, 5.41) is 3.51. The number of hydrogen-bond donors (Lipinski definition) is 1. The van der Waals surface area contributed by atoms with Gasteiger partial charge in [0.05, 0.1) is 0 Å². The number of rotatable bonds is 6. The van der Waals surface area contributed by atoms with E-state index < -0.39 is 0 Å². The molecule has 0 aromatic carbocycles. The summed E-state index contributed by atoms with van der Waals surface area (Å²) in [6.45, 7) is 17.0. The Kier molecular flexibility index (Phi) is 6.46. The van der Waals surface area contributed by atoms with Crippen molar-refractivity contribution < 1.29 is 0 Å². The van der Waals surface area contributed by atoms with Crippen LogP contribution in [-0.2, 0) is 0 Å². The van der Waals surface area contributed by atoms with Crippen molar-refractivity contribution in [1.82, 2.24) is 10.2 Å². The van der Waals surface area contributed by atoms with E-state index in [0.29, 0.717) is 0 Å². The zero-order valence-corrected chi connectivity index (χ0v) is 11.7. The molecule has 2 heteroatoms. The maximum absolute atomic E-state index is 3.51. The normalized spacial score (nSPS) is 15.0. The van der Waals surface area contributed by atoms with Crippen LogP contribution in [0.3, 0.4) is 0 Å². The predicted octanol–water partition coefficient (Wildman–Crippen LogP) is 2.60. The first-order valence-electron chi connectivity index (χ1n) is 6.16. The van der Waals surface area contributed by atoms with E-state index in [0.717, 1.165) is 24.9 Å². The molecule has 0 aromatic heterocycles. The van der Waals surface area contributed by atoms with E-state index in [1.54, 1.807) is 0 Å². The van der Waals surface area contributed by atoms with Gasteiger partial charge in [-0.15, -0.1) is 0 Å². The van der Waals surface area contributed by atoms with Crippen molar-refractivity contribution in [3.05, 3.63) is 0 Å². The largest absolute Gasteiger partial charge is 0.311 e.